The van der Waals surface area contributed by atoms with Gasteiger partial charge >= 0.3 is 11.8 Å². The molecule has 4 rings (SSSR count). The number of carboxylic acid groups (broad SMARTS) is 1. The predicted molar refractivity (Wildman–Crippen MR) is 130 cm³/mol. The molecule has 0 radical (unpaired) electrons. The Labute approximate surface area is 194 Å². The number of hydrogen-bond acceptors (Lipinski definition) is 2. The number of nitrogens with one attached hydrogen (secondary N) is 1. The van der Waals surface area contributed by atoms with Crippen molar-refractivity contribution in [2.24, 2.45) is 0 Å². The quantitative estimate of drug-likeness (QED) is 0.379. The van der Waals surface area contributed by atoms with Gasteiger partial charge in [-0.1, -0.05) is 60.2 Å². The summed E-state index contributed by atoms with van der Waals surface area (Å²) in [4.78, 5) is 16.7. The van der Waals surface area contributed by atoms with Crippen molar-refractivity contribution in [2.45, 2.75) is 33.1 Å². The van der Waals surface area contributed by atoms with E-state index in [1.807, 2.05) is 73.1 Å². The summed E-state index contributed by atoms with van der Waals surface area (Å²) in [6.45, 7) is 6.08. The van der Waals surface area contributed by atoms with E-state index in [9.17, 15) is 9.90 Å². The van der Waals surface area contributed by atoms with Crippen LogP contribution >= 0.6 is 0 Å². The summed E-state index contributed by atoms with van der Waals surface area (Å²) in [6, 6.07) is 21.8. The lowest BCUT2D eigenvalue weighted by Gasteiger charge is -2.12. The molecule has 2 aromatic carbocycles. The molecule has 0 aliphatic rings. The van der Waals surface area contributed by atoms with Crippen LogP contribution < -0.4 is 4.68 Å². The fraction of sp³-hybridized carbons (Fsp3) is 0.179. The van der Waals surface area contributed by atoms with Crippen LogP contribution in [0.5, 0.6) is 0 Å². The Balaban J connectivity index is 1.78. The summed E-state index contributed by atoms with van der Waals surface area (Å²) in [6.07, 6.45) is 6.22. The molecular weight excluding hydrogens is 410 g/mol. The van der Waals surface area contributed by atoms with Crippen LogP contribution in [0.1, 0.15) is 40.8 Å². The van der Waals surface area contributed by atoms with E-state index < -0.39 is 11.9 Å². The number of aromatic amines is 1. The van der Waals surface area contributed by atoms with Gasteiger partial charge in [0, 0.05) is 24.1 Å². The Morgan fingerprint density at radius 3 is 2.61 bits per heavy atom. The van der Waals surface area contributed by atoms with Crippen LogP contribution in [0, 0.1) is 13.8 Å². The van der Waals surface area contributed by atoms with Crippen LogP contribution in [-0.4, -0.2) is 21.2 Å². The molecule has 4 aromatic rings. The van der Waals surface area contributed by atoms with E-state index in [4.69, 9.17) is 0 Å². The summed E-state index contributed by atoms with van der Waals surface area (Å²) in [7, 11) is 0. The molecule has 2 aromatic heterocycles. The van der Waals surface area contributed by atoms with Crippen LogP contribution in [-0.2, 0) is 11.2 Å². The third-order valence-electron chi connectivity index (χ3n) is 5.76. The smallest absolute Gasteiger partial charge is 0.346 e. The third-order valence-corrected chi connectivity index (χ3v) is 5.76. The number of H-pyrrole nitrogens is 1. The molecule has 1 unspecified atom stereocenters. The first-order valence-electron chi connectivity index (χ1n) is 11.0. The molecule has 0 fully saturated rings. The lowest BCUT2D eigenvalue weighted by Crippen LogP contribution is -2.36. The number of rotatable bonds is 7. The first-order chi connectivity index (χ1) is 16.0. The number of nitrogens with zero attached hydrogens (tertiary/aromatic N) is 2. The number of benzene rings is 2. The Kier molecular flexibility index (Phi) is 6.50. The van der Waals surface area contributed by atoms with Gasteiger partial charge in [-0.15, -0.1) is 4.68 Å². The van der Waals surface area contributed by atoms with Gasteiger partial charge in [0.15, 0.2) is 5.69 Å². The van der Waals surface area contributed by atoms with Crippen molar-refractivity contribution in [1.82, 2.24) is 10.1 Å². The van der Waals surface area contributed by atoms with Crippen LogP contribution in [0.25, 0.3) is 23.2 Å². The van der Waals surface area contributed by atoms with Crippen molar-refractivity contribution < 1.29 is 14.6 Å². The molecule has 1 atom stereocenters. The number of aliphatic carboxylic acids is 1. The molecule has 0 saturated heterocycles. The van der Waals surface area contributed by atoms with Crippen LogP contribution in [0.15, 0.2) is 79.0 Å². The van der Waals surface area contributed by atoms with Crippen LogP contribution in [0.2, 0.25) is 0 Å². The number of allylic oxidation sites excluding steroid dienone is 1. The van der Waals surface area contributed by atoms with Crippen molar-refractivity contribution in [3.8, 4) is 17.1 Å². The first-order valence-corrected chi connectivity index (χ1v) is 11.0. The SMILES string of the molecule is C/C=C\c1ccc(-c2cc(CC(C(=O)O)c3cccc(C)c3)[nH][n+]2-c2ccccn2)cc1C. The second-order valence-corrected chi connectivity index (χ2v) is 8.27. The fourth-order valence-corrected chi connectivity index (χ4v) is 4.11. The number of hydrogen-bond donors (Lipinski definition) is 2. The van der Waals surface area contributed by atoms with Crippen LogP contribution in [0.4, 0.5) is 0 Å². The van der Waals surface area contributed by atoms with Gasteiger partial charge in [-0.25, -0.2) is 5.10 Å². The minimum absolute atomic E-state index is 0.348. The van der Waals surface area contributed by atoms with E-state index in [2.05, 4.69) is 41.3 Å². The van der Waals surface area contributed by atoms with Gasteiger partial charge in [0.25, 0.3) is 0 Å². The van der Waals surface area contributed by atoms with Crippen molar-refractivity contribution in [3.05, 3.63) is 107 Å². The molecule has 0 amide bonds. The molecule has 0 aliphatic heterocycles. The molecule has 0 saturated carbocycles. The lowest BCUT2D eigenvalue weighted by molar-refractivity contribution is -0.648. The first kappa shape index (κ1) is 22.2. The van der Waals surface area contributed by atoms with E-state index >= 15 is 0 Å². The second-order valence-electron chi connectivity index (χ2n) is 8.27. The topological polar surface area (TPSA) is 69.9 Å². The van der Waals surface area contributed by atoms with E-state index in [1.54, 1.807) is 6.20 Å². The molecule has 2 N–H and O–H groups in total. The summed E-state index contributed by atoms with van der Waals surface area (Å²) in [5.74, 6) is -0.739. The average Bonchev–Trinajstić information content (AvgIpc) is 3.23. The number of aromatic nitrogens is 3. The second kappa shape index (κ2) is 9.65. The minimum atomic E-state index is -0.840. The molecule has 5 heteroatoms. The number of pyridine rings is 1. The van der Waals surface area contributed by atoms with Crippen LogP contribution in [0.3, 0.4) is 0 Å². The predicted octanol–water partition coefficient (Wildman–Crippen LogP) is 5.41. The third kappa shape index (κ3) is 4.93. The Morgan fingerprint density at radius 2 is 1.94 bits per heavy atom. The highest BCUT2D eigenvalue weighted by molar-refractivity contribution is 5.76. The molecule has 0 aliphatic carbocycles. The van der Waals surface area contributed by atoms with E-state index in [0.717, 1.165) is 33.9 Å². The van der Waals surface area contributed by atoms with Crippen molar-refractivity contribution in [3.63, 3.8) is 0 Å². The summed E-state index contributed by atoms with van der Waals surface area (Å²) in [5.41, 5.74) is 7.00. The van der Waals surface area contributed by atoms with Gasteiger partial charge in [-0.05, 0) is 54.6 Å². The van der Waals surface area contributed by atoms with Gasteiger partial charge in [-0.3, -0.25) is 4.79 Å². The number of carboxylic acids is 1. The standard InChI is InChI=1S/C28H27N3O2/c1-4-8-21-12-13-23(16-20(21)3)26-18-24(30-31(26)27-11-5-6-14-29-27)17-25(28(32)33)22-10-7-9-19(2)15-22/h4-16,18,25H,17H2,1-3H3,(H,32,33)/p+1/b8-4-. The molecule has 5 nitrogen and oxygen atoms in total. The highest BCUT2D eigenvalue weighted by Gasteiger charge is 2.25. The molecule has 0 spiro atoms. The van der Waals surface area contributed by atoms with Gasteiger partial charge < -0.3 is 5.11 Å². The Morgan fingerprint density at radius 1 is 1.09 bits per heavy atom. The molecule has 33 heavy (non-hydrogen) atoms. The van der Waals surface area contributed by atoms with Gasteiger partial charge in [0.1, 0.15) is 6.20 Å². The van der Waals surface area contributed by atoms with E-state index in [1.165, 1.54) is 11.1 Å². The van der Waals surface area contributed by atoms with Crippen molar-refractivity contribution in [2.75, 3.05) is 0 Å². The molecule has 0 bridgehead atoms. The largest absolute Gasteiger partial charge is 0.481 e. The minimum Gasteiger partial charge on any atom is -0.481 e. The summed E-state index contributed by atoms with van der Waals surface area (Å²) in [5, 5.41) is 13.4. The summed E-state index contributed by atoms with van der Waals surface area (Å²) >= 11 is 0. The highest BCUT2D eigenvalue weighted by atomic mass is 16.4. The Hall–Kier alpha value is -3.99. The van der Waals surface area contributed by atoms with Crippen molar-refractivity contribution in [1.29, 1.82) is 0 Å². The Bertz CT molecular complexity index is 1310. The van der Waals surface area contributed by atoms with Gasteiger partial charge in [-0.2, -0.15) is 0 Å². The molecule has 2 heterocycles. The van der Waals surface area contributed by atoms with Gasteiger partial charge in [0.2, 0.25) is 0 Å². The van der Waals surface area contributed by atoms with E-state index in [0.29, 0.717) is 6.42 Å². The van der Waals surface area contributed by atoms with Gasteiger partial charge in [0.05, 0.1) is 11.6 Å². The maximum absolute atomic E-state index is 12.2. The van der Waals surface area contributed by atoms with Crippen molar-refractivity contribution >= 4 is 12.0 Å². The maximum Gasteiger partial charge on any atom is 0.346 e. The molecular formula is C28H28N3O2+. The maximum atomic E-state index is 12.2. The molecule has 166 valence electrons. The zero-order valence-electron chi connectivity index (χ0n) is 19.1. The monoisotopic (exact) mass is 438 g/mol. The zero-order valence-corrected chi connectivity index (χ0v) is 19.1. The zero-order chi connectivity index (χ0) is 23.4. The number of carbonyl (C=O) groups is 1. The average molecular weight is 439 g/mol. The summed E-state index contributed by atoms with van der Waals surface area (Å²) < 4.78 is 1.93. The lowest BCUT2D eigenvalue weighted by atomic mass is 9.93. The normalized spacial score (nSPS) is 12.2. The van der Waals surface area contributed by atoms with E-state index in [-0.39, 0.29) is 0 Å². The highest BCUT2D eigenvalue weighted by Crippen LogP contribution is 2.26. The fourth-order valence-electron chi connectivity index (χ4n) is 4.11. The number of aryl methyl sites for hydroxylation is 2.